The Morgan fingerprint density at radius 2 is 2.00 bits per heavy atom. The van der Waals surface area contributed by atoms with Gasteiger partial charge in [-0.05, 0) is 49.9 Å². The summed E-state index contributed by atoms with van der Waals surface area (Å²) in [4.78, 5) is 14.5. The molecule has 108 valence electrons. The van der Waals surface area contributed by atoms with Crippen molar-refractivity contribution >= 4 is 5.91 Å². The van der Waals surface area contributed by atoms with Crippen LogP contribution in [0.3, 0.4) is 0 Å². The number of hydrogen-bond donors (Lipinski definition) is 1. The molecule has 1 heterocycles. The molecule has 0 spiro atoms. The molecule has 2 aliphatic rings. The summed E-state index contributed by atoms with van der Waals surface area (Å²) in [5, 5.41) is 3.45. The fourth-order valence-electron chi connectivity index (χ4n) is 2.87. The monoisotopic (exact) mass is 276 g/mol. The van der Waals surface area contributed by atoms with E-state index in [1.807, 2.05) is 4.90 Å². The lowest BCUT2D eigenvalue weighted by molar-refractivity contribution is -0.131. The van der Waals surface area contributed by atoms with Crippen LogP contribution in [-0.4, -0.2) is 36.0 Å². The van der Waals surface area contributed by atoms with E-state index < -0.39 is 0 Å². The number of amides is 1. The Hall–Kier alpha value is -1.42. The van der Waals surface area contributed by atoms with Crippen molar-refractivity contribution in [2.24, 2.45) is 0 Å². The quantitative estimate of drug-likeness (QED) is 0.893. The second-order valence-corrected chi connectivity index (χ2v) is 5.87. The number of halogens is 1. The largest absolute Gasteiger partial charge is 0.338 e. The maximum atomic E-state index is 12.9. The van der Waals surface area contributed by atoms with Gasteiger partial charge in [0.2, 0.25) is 5.91 Å². The Morgan fingerprint density at radius 3 is 2.60 bits per heavy atom. The van der Waals surface area contributed by atoms with E-state index in [-0.39, 0.29) is 11.7 Å². The number of nitrogens with zero attached hydrogens (tertiary/aromatic N) is 1. The van der Waals surface area contributed by atoms with E-state index in [0.29, 0.717) is 18.5 Å². The maximum Gasteiger partial charge on any atom is 0.227 e. The fraction of sp³-hybridized carbons (Fsp3) is 0.562. The molecule has 1 amide bonds. The van der Waals surface area contributed by atoms with E-state index in [1.54, 1.807) is 12.1 Å². The van der Waals surface area contributed by atoms with E-state index in [2.05, 4.69) is 5.32 Å². The van der Waals surface area contributed by atoms with Gasteiger partial charge in [0.25, 0.3) is 0 Å². The van der Waals surface area contributed by atoms with E-state index in [9.17, 15) is 9.18 Å². The summed E-state index contributed by atoms with van der Waals surface area (Å²) < 4.78 is 12.9. The predicted octanol–water partition coefficient (Wildman–Crippen LogP) is 2.11. The third kappa shape index (κ3) is 3.37. The number of hydrogen-bond acceptors (Lipinski definition) is 2. The van der Waals surface area contributed by atoms with Gasteiger partial charge in [0.05, 0.1) is 6.42 Å². The molecule has 1 aromatic rings. The van der Waals surface area contributed by atoms with E-state index in [1.165, 1.54) is 18.6 Å². The first-order valence-corrected chi connectivity index (χ1v) is 7.49. The molecule has 0 radical (unpaired) electrons. The zero-order valence-electron chi connectivity index (χ0n) is 11.6. The molecular formula is C16H21FN2O. The third-order valence-corrected chi connectivity index (χ3v) is 4.16. The zero-order valence-corrected chi connectivity index (χ0v) is 11.6. The molecule has 20 heavy (non-hydrogen) atoms. The van der Waals surface area contributed by atoms with Crippen LogP contribution in [0.2, 0.25) is 0 Å². The first-order valence-electron chi connectivity index (χ1n) is 7.49. The van der Waals surface area contributed by atoms with Gasteiger partial charge in [-0.1, -0.05) is 12.1 Å². The summed E-state index contributed by atoms with van der Waals surface area (Å²) in [7, 11) is 0. The molecular weight excluding hydrogens is 255 g/mol. The lowest BCUT2D eigenvalue weighted by Crippen LogP contribution is -2.43. The standard InChI is InChI=1S/C16H21FN2O/c17-13-5-3-12(4-6-13)10-16(20)19(15-7-8-15)11-14-2-1-9-18-14/h3-6,14-15,18H,1-2,7-11H2. The van der Waals surface area contributed by atoms with Crippen LogP contribution < -0.4 is 5.32 Å². The summed E-state index contributed by atoms with van der Waals surface area (Å²) in [5.41, 5.74) is 0.890. The first kappa shape index (κ1) is 13.6. The minimum atomic E-state index is -0.254. The highest BCUT2D eigenvalue weighted by atomic mass is 19.1. The molecule has 4 heteroatoms. The van der Waals surface area contributed by atoms with Crippen molar-refractivity contribution in [1.29, 1.82) is 0 Å². The molecule has 1 aliphatic heterocycles. The minimum absolute atomic E-state index is 0.174. The highest BCUT2D eigenvalue weighted by molar-refractivity contribution is 5.79. The van der Waals surface area contributed by atoms with Gasteiger partial charge in [-0.25, -0.2) is 4.39 Å². The summed E-state index contributed by atoms with van der Waals surface area (Å²) in [5.74, 6) is -0.0804. The van der Waals surface area contributed by atoms with Gasteiger partial charge >= 0.3 is 0 Å². The molecule has 1 aromatic carbocycles. The normalized spacial score (nSPS) is 21.9. The number of benzene rings is 1. The van der Waals surface area contributed by atoms with Crippen molar-refractivity contribution < 1.29 is 9.18 Å². The SMILES string of the molecule is O=C(Cc1ccc(F)cc1)N(CC1CCCN1)C1CC1. The topological polar surface area (TPSA) is 32.3 Å². The average Bonchev–Trinajstić information content (AvgIpc) is 3.15. The highest BCUT2D eigenvalue weighted by Gasteiger charge is 2.34. The summed E-state index contributed by atoms with van der Waals surface area (Å²) in [6.45, 7) is 1.89. The van der Waals surface area contributed by atoms with Crippen molar-refractivity contribution in [3.63, 3.8) is 0 Å². The predicted molar refractivity (Wildman–Crippen MR) is 75.9 cm³/mol. The van der Waals surface area contributed by atoms with Crippen LogP contribution in [0.25, 0.3) is 0 Å². The van der Waals surface area contributed by atoms with E-state index >= 15 is 0 Å². The maximum absolute atomic E-state index is 12.9. The van der Waals surface area contributed by atoms with Gasteiger partial charge in [-0.3, -0.25) is 4.79 Å². The molecule has 1 unspecified atom stereocenters. The highest BCUT2D eigenvalue weighted by Crippen LogP contribution is 2.28. The van der Waals surface area contributed by atoms with Crippen LogP contribution in [-0.2, 0) is 11.2 Å². The van der Waals surface area contributed by atoms with Gasteiger partial charge in [0, 0.05) is 18.6 Å². The molecule has 1 saturated heterocycles. The molecule has 1 saturated carbocycles. The molecule has 0 bridgehead atoms. The van der Waals surface area contributed by atoms with Crippen molar-refractivity contribution in [2.75, 3.05) is 13.1 Å². The molecule has 1 aliphatic carbocycles. The smallest absolute Gasteiger partial charge is 0.227 e. The van der Waals surface area contributed by atoms with Crippen LogP contribution in [0, 0.1) is 5.82 Å². The molecule has 1 N–H and O–H groups in total. The lowest BCUT2D eigenvalue weighted by Gasteiger charge is -2.26. The van der Waals surface area contributed by atoms with E-state index in [4.69, 9.17) is 0 Å². The summed E-state index contributed by atoms with van der Waals surface area (Å²) in [6, 6.07) is 7.13. The Kier molecular flexibility index (Phi) is 4.01. The number of nitrogens with one attached hydrogen (secondary N) is 1. The van der Waals surface area contributed by atoms with Gasteiger partial charge in [0.1, 0.15) is 5.82 Å². The van der Waals surface area contributed by atoms with Crippen molar-refractivity contribution in [3.8, 4) is 0 Å². The van der Waals surface area contributed by atoms with Crippen LogP contribution in [0.1, 0.15) is 31.2 Å². The van der Waals surface area contributed by atoms with Crippen LogP contribution in [0.5, 0.6) is 0 Å². The zero-order chi connectivity index (χ0) is 13.9. The molecule has 3 nitrogen and oxygen atoms in total. The summed E-state index contributed by atoms with van der Waals surface area (Å²) in [6.07, 6.45) is 5.00. The van der Waals surface area contributed by atoms with Crippen LogP contribution in [0.4, 0.5) is 4.39 Å². The van der Waals surface area contributed by atoms with Crippen LogP contribution in [0.15, 0.2) is 24.3 Å². The Labute approximate surface area is 119 Å². The molecule has 0 aromatic heterocycles. The van der Waals surface area contributed by atoms with Crippen LogP contribution >= 0.6 is 0 Å². The van der Waals surface area contributed by atoms with Gasteiger partial charge in [-0.2, -0.15) is 0 Å². The number of carbonyl (C=O) groups excluding carboxylic acids is 1. The molecule has 1 atom stereocenters. The Balaban J connectivity index is 1.61. The van der Waals surface area contributed by atoms with Gasteiger partial charge in [0.15, 0.2) is 0 Å². The number of carbonyl (C=O) groups is 1. The average molecular weight is 276 g/mol. The summed E-state index contributed by atoms with van der Waals surface area (Å²) >= 11 is 0. The number of rotatable bonds is 5. The fourth-order valence-corrected chi connectivity index (χ4v) is 2.87. The van der Waals surface area contributed by atoms with Gasteiger partial charge in [-0.15, -0.1) is 0 Å². The third-order valence-electron chi connectivity index (χ3n) is 4.16. The van der Waals surface area contributed by atoms with Crippen molar-refractivity contribution in [2.45, 2.75) is 44.2 Å². The van der Waals surface area contributed by atoms with Gasteiger partial charge < -0.3 is 10.2 Å². The lowest BCUT2D eigenvalue weighted by atomic mass is 10.1. The second kappa shape index (κ2) is 5.92. The second-order valence-electron chi connectivity index (χ2n) is 5.87. The minimum Gasteiger partial charge on any atom is -0.338 e. The van der Waals surface area contributed by atoms with Crippen molar-refractivity contribution in [1.82, 2.24) is 10.2 Å². The first-order chi connectivity index (χ1) is 9.72. The Morgan fingerprint density at radius 1 is 1.25 bits per heavy atom. The Bertz CT molecular complexity index is 464. The molecule has 2 fully saturated rings. The molecule has 3 rings (SSSR count). The van der Waals surface area contributed by atoms with E-state index in [0.717, 1.165) is 37.9 Å². The van der Waals surface area contributed by atoms with Crippen molar-refractivity contribution in [3.05, 3.63) is 35.6 Å².